The maximum atomic E-state index is 12.9. The second-order valence-electron chi connectivity index (χ2n) is 5.48. The van der Waals surface area contributed by atoms with Gasteiger partial charge >= 0.3 is 0 Å². The minimum Gasteiger partial charge on any atom is -0.381 e. The van der Waals surface area contributed by atoms with Crippen LogP contribution in [0.15, 0.2) is 0 Å². The van der Waals surface area contributed by atoms with Crippen molar-refractivity contribution in [3.05, 3.63) is 0 Å². The van der Waals surface area contributed by atoms with Gasteiger partial charge in [-0.2, -0.15) is 4.31 Å². The van der Waals surface area contributed by atoms with Gasteiger partial charge in [0.25, 0.3) is 0 Å². The molecule has 0 amide bonds. The molecule has 0 aromatic heterocycles. The topological polar surface area (TPSA) is 72.6 Å². The average Bonchev–Trinajstić information content (AvgIpc) is 2.44. The minimum absolute atomic E-state index is 0.315. The molecule has 2 N–H and O–H groups in total. The van der Waals surface area contributed by atoms with E-state index in [0.717, 1.165) is 12.8 Å². The number of hydrogen-bond acceptors (Lipinski definition) is 4. The van der Waals surface area contributed by atoms with E-state index in [4.69, 9.17) is 10.5 Å². The number of ether oxygens (including phenoxy) is 1. The van der Waals surface area contributed by atoms with E-state index < -0.39 is 15.6 Å². The maximum absolute atomic E-state index is 12.9. The number of hydrogen-bond donors (Lipinski definition) is 1. The smallest absolute Gasteiger partial charge is 0.217 e. The van der Waals surface area contributed by atoms with Gasteiger partial charge in [-0.1, -0.05) is 13.8 Å². The molecule has 1 heterocycles. The van der Waals surface area contributed by atoms with Crippen LogP contribution in [0.3, 0.4) is 0 Å². The van der Waals surface area contributed by atoms with Crippen LogP contribution in [-0.4, -0.2) is 49.8 Å². The predicted molar refractivity (Wildman–Crippen MR) is 77.5 cm³/mol. The fourth-order valence-electron chi connectivity index (χ4n) is 2.48. The van der Waals surface area contributed by atoms with Gasteiger partial charge in [-0.3, -0.25) is 0 Å². The largest absolute Gasteiger partial charge is 0.381 e. The van der Waals surface area contributed by atoms with Crippen molar-refractivity contribution in [2.45, 2.75) is 57.2 Å². The summed E-state index contributed by atoms with van der Waals surface area (Å²) < 4.78 is 32.6. The van der Waals surface area contributed by atoms with Crippen molar-refractivity contribution < 1.29 is 13.2 Å². The third kappa shape index (κ3) is 3.68. The Morgan fingerprint density at radius 2 is 1.89 bits per heavy atom. The van der Waals surface area contributed by atoms with E-state index in [1.165, 1.54) is 0 Å². The van der Waals surface area contributed by atoms with Gasteiger partial charge in [-0.25, -0.2) is 8.42 Å². The monoisotopic (exact) mass is 292 g/mol. The second kappa shape index (κ2) is 7.02. The summed E-state index contributed by atoms with van der Waals surface area (Å²) in [6.07, 6.45) is 2.71. The molecule has 0 aromatic carbocycles. The van der Waals surface area contributed by atoms with Gasteiger partial charge < -0.3 is 10.5 Å². The molecule has 0 saturated carbocycles. The van der Waals surface area contributed by atoms with E-state index in [2.05, 4.69) is 0 Å². The minimum atomic E-state index is -3.29. The molecule has 0 radical (unpaired) electrons. The molecule has 6 heteroatoms. The lowest BCUT2D eigenvalue weighted by atomic mass is 9.99. The Bertz CT molecular complexity index is 360. The van der Waals surface area contributed by atoms with E-state index in [0.29, 0.717) is 39.1 Å². The molecule has 19 heavy (non-hydrogen) atoms. The molecular weight excluding hydrogens is 264 g/mol. The summed E-state index contributed by atoms with van der Waals surface area (Å²) in [6, 6.07) is 0. The first-order chi connectivity index (χ1) is 8.92. The van der Waals surface area contributed by atoms with E-state index in [1.807, 2.05) is 20.8 Å². The molecule has 1 atom stereocenters. The molecule has 0 spiro atoms. The SMILES string of the molecule is CCCN(C(C)(CC)CN)S(=O)(=O)C1CCOCC1. The predicted octanol–water partition coefficient (Wildman–Crippen LogP) is 1.33. The van der Waals surface area contributed by atoms with Crippen LogP contribution in [-0.2, 0) is 14.8 Å². The third-order valence-corrected chi connectivity index (χ3v) is 6.68. The van der Waals surface area contributed by atoms with Crippen molar-refractivity contribution in [1.82, 2.24) is 4.31 Å². The van der Waals surface area contributed by atoms with E-state index in [9.17, 15) is 8.42 Å². The van der Waals surface area contributed by atoms with Crippen LogP contribution < -0.4 is 5.73 Å². The fraction of sp³-hybridized carbons (Fsp3) is 1.00. The molecule has 1 unspecified atom stereocenters. The van der Waals surface area contributed by atoms with Crippen molar-refractivity contribution in [1.29, 1.82) is 0 Å². The first kappa shape index (κ1) is 16.9. The molecule has 1 aliphatic rings. The normalized spacial score (nSPS) is 21.5. The zero-order valence-corrected chi connectivity index (χ0v) is 13.2. The van der Waals surface area contributed by atoms with Crippen LogP contribution in [0.4, 0.5) is 0 Å². The highest BCUT2D eigenvalue weighted by atomic mass is 32.2. The lowest BCUT2D eigenvalue weighted by Gasteiger charge is -2.41. The van der Waals surface area contributed by atoms with Crippen molar-refractivity contribution in [2.75, 3.05) is 26.3 Å². The third-order valence-electron chi connectivity index (χ3n) is 4.13. The lowest BCUT2D eigenvalue weighted by Crippen LogP contribution is -2.57. The zero-order valence-electron chi connectivity index (χ0n) is 12.4. The van der Waals surface area contributed by atoms with Crippen molar-refractivity contribution in [2.24, 2.45) is 5.73 Å². The highest BCUT2D eigenvalue weighted by Gasteiger charge is 2.41. The van der Waals surface area contributed by atoms with E-state index in [1.54, 1.807) is 4.31 Å². The Kier molecular flexibility index (Phi) is 6.23. The Morgan fingerprint density at radius 1 is 1.32 bits per heavy atom. The zero-order chi connectivity index (χ0) is 14.5. The van der Waals surface area contributed by atoms with Crippen molar-refractivity contribution in [3.63, 3.8) is 0 Å². The van der Waals surface area contributed by atoms with Gasteiger partial charge in [-0.05, 0) is 32.6 Å². The molecule has 1 fully saturated rings. The van der Waals surface area contributed by atoms with Crippen LogP contribution in [0.5, 0.6) is 0 Å². The molecule has 1 aliphatic heterocycles. The Hall–Kier alpha value is -0.170. The van der Waals surface area contributed by atoms with Crippen molar-refractivity contribution >= 4 is 10.0 Å². The van der Waals surface area contributed by atoms with Gasteiger partial charge in [0, 0.05) is 31.8 Å². The van der Waals surface area contributed by atoms with E-state index in [-0.39, 0.29) is 5.25 Å². The van der Waals surface area contributed by atoms with Crippen LogP contribution in [0.2, 0.25) is 0 Å². The number of sulfonamides is 1. The molecule has 114 valence electrons. The van der Waals surface area contributed by atoms with Crippen molar-refractivity contribution in [3.8, 4) is 0 Å². The standard InChI is InChI=1S/C13H28N2O3S/c1-4-8-15(13(3,5-2)11-14)19(16,17)12-6-9-18-10-7-12/h12H,4-11,14H2,1-3H3. The first-order valence-corrected chi connectivity index (χ1v) is 8.72. The van der Waals surface area contributed by atoms with E-state index >= 15 is 0 Å². The Morgan fingerprint density at radius 3 is 2.32 bits per heavy atom. The summed E-state index contributed by atoms with van der Waals surface area (Å²) in [7, 11) is -3.29. The summed E-state index contributed by atoms with van der Waals surface area (Å²) in [6.45, 7) is 7.91. The van der Waals surface area contributed by atoms with Crippen LogP contribution in [0, 0.1) is 0 Å². The van der Waals surface area contributed by atoms with Gasteiger partial charge in [0.05, 0.1) is 5.25 Å². The number of nitrogens with zero attached hydrogens (tertiary/aromatic N) is 1. The summed E-state index contributed by atoms with van der Waals surface area (Å²) in [5.41, 5.74) is 5.37. The summed E-state index contributed by atoms with van der Waals surface area (Å²) in [4.78, 5) is 0. The molecule has 0 bridgehead atoms. The Balaban J connectivity index is 3.02. The van der Waals surface area contributed by atoms with Gasteiger partial charge in [0.1, 0.15) is 0 Å². The van der Waals surface area contributed by atoms with Crippen LogP contribution in [0.1, 0.15) is 46.5 Å². The summed E-state index contributed by atoms with van der Waals surface area (Å²) in [5, 5.41) is -0.315. The molecule has 0 aromatic rings. The molecule has 1 rings (SSSR count). The highest BCUT2D eigenvalue weighted by molar-refractivity contribution is 7.89. The van der Waals surface area contributed by atoms with Crippen LogP contribution >= 0.6 is 0 Å². The van der Waals surface area contributed by atoms with Gasteiger partial charge in [0.15, 0.2) is 0 Å². The first-order valence-electron chi connectivity index (χ1n) is 7.21. The van der Waals surface area contributed by atoms with Gasteiger partial charge in [-0.15, -0.1) is 0 Å². The summed E-state index contributed by atoms with van der Waals surface area (Å²) >= 11 is 0. The second-order valence-corrected chi connectivity index (χ2v) is 7.62. The average molecular weight is 292 g/mol. The molecular formula is C13H28N2O3S. The highest BCUT2D eigenvalue weighted by Crippen LogP contribution is 2.28. The van der Waals surface area contributed by atoms with Gasteiger partial charge in [0.2, 0.25) is 10.0 Å². The molecule has 0 aliphatic carbocycles. The number of rotatable bonds is 7. The van der Waals surface area contributed by atoms with Crippen LogP contribution in [0.25, 0.3) is 0 Å². The Labute approximate surface area is 117 Å². The lowest BCUT2D eigenvalue weighted by molar-refractivity contribution is 0.0953. The quantitative estimate of drug-likeness (QED) is 0.768. The number of nitrogens with two attached hydrogens (primary N) is 1. The summed E-state index contributed by atoms with van der Waals surface area (Å²) in [5.74, 6) is 0. The molecule has 5 nitrogen and oxygen atoms in total. The molecule has 1 saturated heterocycles. The fourth-order valence-corrected chi connectivity index (χ4v) is 4.89. The maximum Gasteiger partial charge on any atom is 0.217 e.